The van der Waals surface area contributed by atoms with Crippen LogP contribution in [0.3, 0.4) is 0 Å². The summed E-state index contributed by atoms with van der Waals surface area (Å²) in [5, 5.41) is 21.4. The Morgan fingerprint density at radius 1 is 1.55 bits per heavy atom. The molecule has 5 nitrogen and oxygen atoms in total. The van der Waals surface area contributed by atoms with Crippen molar-refractivity contribution < 1.29 is 5.11 Å². The molecule has 0 saturated heterocycles. The Kier molecular flexibility index (Phi) is 5.41. The summed E-state index contributed by atoms with van der Waals surface area (Å²) in [4.78, 5) is 4.32. The van der Waals surface area contributed by atoms with Gasteiger partial charge in [-0.15, -0.1) is 0 Å². The number of aromatic nitrogens is 2. The molecule has 20 heavy (non-hydrogen) atoms. The van der Waals surface area contributed by atoms with Crippen LogP contribution in [0.5, 0.6) is 0 Å². The standard InChI is InChI=1S/C14H18N4OS/c1-20-10-12(4-5-19)16-7-13-8-17-14-3-2-11(6-15)9-18(13)14/h2-3,8-9,12,16,19H,4-5,7,10H2,1H3. The van der Waals surface area contributed by atoms with Crippen LogP contribution in [0, 0.1) is 11.3 Å². The third kappa shape index (κ3) is 3.51. The first-order chi connectivity index (χ1) is 9.78. The lowest BCUT2D eigenvalue weighted by Crippen LogP contribution is -2.32. The van der Waals surface area contributed by atoms with Crippen molar-refractivity contribution in [2.24, 2.45) is 0 Å². The predicted molar refractivity (Wildman–Crippen MR) is 80.6 cm³/mol. The number of nitrogens with zero attached hydrogens (tertiary/aromatic N) is 3. The molecule has 0 aromatic carbocycles. The number of hydrogen-bond acceptors (Lipinski definition) is 5. The minimum atomic E-state index is 0.184. The fraction of sp³-hybridized carbons (Fsp3) is 0.429. The quantitative estimate of drug-likeness (QED) is 0.806. The smallest absolute Gasteiger partial charge is 0.137 e. The van der Waals surface area contributed by atoms with Crippen LogP contribution in [0.4, 0.5) is 0 Å². The molecular weight excluding hydrogens is 272 g/mol. The number of nitrogens with one attached hydrogen (secondary N) is 1. The summed E-state index contributed by atoms with van der Waals surface area (Å²) in [6, 6.07) is 6.02. The third-order valence-corrected chi connectivity index (χ3v) is 3.86. The van der Waals surface area contributed by atoms with E-state index in [-0.39, 0.29) is 12.6 Å². The molecule has 0 fully saturated rings. The van der Waals surface area contributed by atoms with Crippen molar-refractivity contribution in [3.63, 3.8) is 0 Å². The maximum absolute atomic E-state index is 9.06. The second-order valence-corrected chi connectivity index (χ2v) is 5.46. The molecule has 0 bridgehead atoms. The summed E-state index contributed by atoms with van der Waals surface area (Å²) in [7, 11) is 0. The Bertz CT molecular complexity index is 599. The van der Waals surface area contributed by atoms with E-state index in [1.807, 2.05) is 16.7 Å². The lowest BCUT2D eigenvalue weighted by molar-refractivity contribution is 0.269. The summed E-state index contributed by atoms with van der Waals surface area (Å²) < 4.78 is 1.93. The minimum absolute atomic E-state index is 0.184. The molecule has 0 saturated carbocycles. The third-order valence-electron chi connectivity index (χ3n) is 3.13. The number of aliphatic hydroxyl groups is 1. The van der Waals surface area contributed by atoms with Crippen LogP contribution < -0.4 is 5.32 Å². The lowest BCUT2D eigenvalue weighted by Gasteiger charge is -2.16. The minimum Gasteiger partial charge on any atom is -0.396 e. The van der Waals surface area contributed by atoms with Crippen LogP contribution in [0.15, 0.2) is 24.5 Å². The monoisotopic (exact) mass is 290 g/mol. The molecule has 1 unspecified atom stereocenters. The maximum atomic E-state index is 9.06. The SMILES string of the molecule is CSCC(CCO)NCc1cnc2ccc(C#N)cn12. The van der Waals surface area contributed by atoms with Gasteiger partial charge in [0.05, 0.1) is 17.5 Å². The summed E-state index contributed by atoms with van der Waals surface area (Å²) in [6.07, 6.45) is 6.41. The number of rotatable bonds is 7. The van der Waals surface area contributed by atoms with Crippen molar-refractivity contribution in [2.75, 3.05) is 18.6 Å². The molecule has 106 valence electrons. The molecule has 1 atom stereocenters. The zero-order chi connectivity index (χ0) is 14.4. The Morgan fingerprint density at radius 3 is 3.10 bits per heavy atom. The number of thioether (sulfide) groups is 1. The first kappa shape index (κ1) is 14.9. The first-order valence-corrected chi connectivity index (χ1v) is 7.87. The van der Waals surface area contributed by atoms with Gasteiger partial charge in [0.2, 0.25) is 0 Å². The highest BCUT2D eigenvalue weighted by Crippen LogP contribution is 2.10. The van der Waals surface area contributed by atoms with Crippen LogP contribution in [-0.4, -0.2) is 39.1 Å². The normalized spacial score (nSPS) is 12.4. The lowest BCUT2D eigenvalue weighted by atomic mass is 10.2. The van der Waals surface area contributed by atoms with Gasteiger partial charge >= 0.3 is 0 Å². The molecule has 2 rings (SSSR count). The van der Waals surface area contributed by atoms with Gasteiger partial charge in [0, 0.05) is 31.1 Å². The Labute approximate surface area is 122 Å². The molecule has 6 heteroatoms. The molecule has 0 radical (unpaired) electrons. The molecule has 0 amide bonds. The van der Waals surface area contributed by atoms with Gasteiger partial charge in [-0.2, -0.15) is 17.0 Å². The summed E-state index contributed by atoms with van der Waals surface area (Å²) in [5.41, 5.74) is 2.47. The number of hydrogen-bond donors (Lipinski definition) is 2. The van der Waals surface area contributed by atoms with Gasteiger partial charge in [0.25, 0.3) is 0 Å². The van der Waals surface area contributed by atoms with Crippen LogP contribution in [0.1, 0.15) is 17.7 Å². The second kappa shape index (κ2) is 7.29. The van der Waals surface area contributed by atoms with E-state index in [1.165, 1.54) is 0 Å². The number of nitriles is 1. The second-order valence-electron chi connectivity index (χ2n) is 4.55. The highest BCUT2D eigenvalue weighted by molar-refractivity contribution is 7.98. The van der Waals surface area contributed by atoms with Crippen molar-refractivity contribution >= 4 is 17.4 Å². The molecule has 2 aromatic rings. The molecule has 2 N–H and O–H groups in total. The fourth-order valence-corrected chi connectivity index (χ4v) is 2.77. The van der Waals surface area contributed by atoms with Gasteiger partial charge in [-0.25, -0.2) is 4.98 Å². The Hall–Kier alpha value is -1.55. The van der Waals surface area contributed by atoms with Crippen LogP contribution in [0.25, 0.3) is 5.65 Å². The van der Waals surface area contributed by atoms with Crippen LogP contribution >= 0.6 is 11.8 Å². The number of fused-ring (bicyclic) bond motifs is 1. The molecule has 0 spiro atoms. The van der Waals surface area contributed by atoms with Gasteiger partial charge in [-0.05, 0) is 24.8 Å². The molecular formula is C14H18N4OS. The van der Waals surface area contributed by atoms with Gasteiger partial charge < -0.3 is 14.8 Å². The van der Waals surface area contributed by atoms with Gasteiger partial charge in [-0.3, -0.25) is 0 Å². The zero-order valence-corrected chi connectivity index (χ0v) is 12.2. The van der Waals surface area contributed by atoms with E-state index in [2.05, 4.69) is 22.6 Å². The average Bonchev–Trinajstić information content (AvgIpc) is 2.87. The molecule has 2 heterocycles. The van der Waals surface area contributed by atoms with E-state index in [0.717, 1.165) is 23.5 Å². The van der Waals surface area contributed by atoms with E-state index >= 15 is 0 Å². The van der Waals surface area contributed by atoms with E-state index in [4.69, 9.17) is 10.4 Å². The molecule has 2 aromatic heterocycles. The van der Waals surface area contributed by atoms with Crippen molar-refractivity contribution in [3.8, 4) is 6.07 Å². The molecule has 0 aliphatic heterocycles. The van der Waals surface area contributed by atoms with Crippen molar-refractivity contribution in [3.05, 3.63) is 35.8 Å². The topological polar surface area (TPSA) is 73.3 Å². The van der Waals surface area contributed by atoms with Crippen LogP contribution in [0.2, 0.25) is 0 Å². The molecule has 0 aliphatic rings. The summed E-state index contributed by atoms with van der Waals surface area (Å²) in [5.74, 6) is 0.959. The first-order valence-electron chi connectivity index (χ1n) is 6.47. The zero-order valence-electron chi connectivity index (χ0n) is 11.4. The highest BCUT2D eigenvalue weighted by atomic mass is 32.2. The summed E-state index contributed by atoms with van der Waals surface area (Å²) >= 11 is 1.76. The fourth-order valence-electron chi connectivity index (χ4n) is 2.08. The van der Waals surface area contributed by atoms with E-state index < -0.39 is 0 Å². The maximum Gasteiger partial charge on any atom is 0.137 e. The van der Waals surface area contributed by atoms with E-state index in [9.17, 15) is 0 Å². The van der Waals surface area contributed by atoms with Crippen molar-refractivity contribution in [1.29, 1.82) is 5.26 Å². The predicted octanol–water partition coefficient (Wildman–Crippen LogP) is 1.41. The van der Waals surface area contributed by atoms with Gasteiger partial charge in [0.1, 0.15) is 11.7 Å². The largest absolute Gasteiger partial charge is 0.396 e. The van der Waals surface area contributed by atoms with Crippen molar-refractivity contribution in [1.82, 2.24) is 14.7 Å². The average molecular weight is 290 g/mol. The number of pyridine rings is 1. The van der Waals surface area contributed by atoms with Crippen molar-refractivity contribution in [2.45, 2.75) is 19.0 Å². The number of imidazole rings is 1. The number of aliphatic hydroxyl groups excluding tert-OH is 1. The highest BCUT2D eigenvalue weighted by Gasteiger charge is 2.09. The summed E-state index contributed by atoms with van der Waals surface area (Å²) in [6.45, 7) is 0.852. The van der Waals surface area contributed by atoms with E-state index in [1.54, 1.807) is 24.0 Å². The van der Waals surface area contributed by atoms with Crippen LogP contribution in [-0.2, 0) is 6.54 Å². The van der Waals surface area contributed by atoms with Gasteiger partial charge in [0.15, 0.2) is 0 Å². The Balaban J connectivity index is 2.11. The van der Waals surface area contributed by atoms with Gasteiger partial charge in [-0.1, -0.05) is 0 Å². The Morgan fingerprint density at radius 2 is 2.40 bits per heavy atom. The van der Waals surface area contributed by atoms with E-state index in [0.29, 0.717) is 12.1 Å². The molecule has 0 aliphatic carbocycles.